The van der Waals surface area contributed by atoms with Gasteiger partial charge in [-0.15, -0.1) is 0 Å². The average molecular weight is 223 g/mol. The highest BCUT2D eigenvalue weighted by Crippen LogP contribution is 2.24. The van der Waals surface area contributed by atoms with Crippen LogP contribution in [0.1, 0.15) is 40.0 Å². The van der Waals surface area contributed by atoms with Crippen LogP contribution in [0.25, 0.3) is 0 Å². The molecule has 0 aromatic heterocycles. The van der Waals surface area contributed by atoms with E-state index in [0.717, 1.165) is 19.0 Å². The van der Waals surface area contributed by atoms with Gasteiger partial charge in [0.15, 0.2) is 5.78 Å². The van der Waals surface area contributed by atoms with E-state index in [2.05, 4.69) is 18.3 Å². The average Bonchev–Trinajstić information content (AvgIpc) is 2.27. The lowest BCUT2D eigenvalue weighted by Gasteiger charge is -2.30. The van der Waals surface area contributed by atoms with Crippen molar-refractivity contribution in [1.29, 1.82) is 0 Å². The van der Waals surface area contributed by atoms with Crippen LogP contribution in [0.15, 0.2) is 12.2 Å². The van der Waals surface area contributed by atoms with Gasteiger partial charge in [0, 0.05) is 5.92 Å². The maximum Gasteiger partial charge on any atom is 0.157 e. The Labute approximate surface area is 99.5 Å². The van der Waals surface area contributed by atoms with Gasteiger partial charge in [-0.05, 0) is 43.8 Å². The number of ketones is 1. The number of piperidine rings is 1. The molecule has 2 atom stereocenters. The molecule has 1 fully saturated rings. The van der Waals surface area contributed by atoms with Crippen molar-refractivity contribution in [2.75, 3.05) is 13.1 Å². The van der Waals surface area contributed by atoms with Crippen molar-refractivity contribution < 1.29 is 4.79 Å². The van der Waals surface area contributed by atoms with E-state index in [4.69, 9.17) is 0 Å². The van der Waals surface area contributed by atoms with Crippen molar-refractivity contribution in [3.05, 3.63) is 12.2 Å². The van der Waals surface area contributed by atoms with Crippen molar-refractivity contribution in [3.63, 3.8) is 0 Å². The molecule has 0 spiro atoms. The Hall–Kier alpha value is -0.630. The molecule has 0 aromatic rings. The third kappa shape index (κ3) is 4.09. The second-order valence-electron chi connectivity index (χ2n) is 5.12. The number of carbonyl (C=O) groups excluding carboxylic acids is 1. The van der Waals surface area contributed by atoms with E-state index < -0.39 is 0 Å². The minimum atomic E-state index is 0.127. The Balaban J connectivity index is 2.52. The summed E-state index contributed by atoms with van der Waals surface area (Å²) < 4.78 is 0. The lowest BCUT2D eigenvalue weighted by atomic mass is 9.83. The molecule has 1 saturated heterocycles. The topological polar surface area (TPSA) is 29.1 Å². The van der Waals surface area contributed by atoms with E-state index in [1.54, 1.807) is 0 Å². The second kappa shape index (κ2) is 6.85. The fourth-order valence-electron chi connectivity index (χ4n) is 2.29. The van der Waals surface area contributed by atoms with Crippen molar-refractivity contribution in [2.45, 2.75) is 40.0 Å². The summed E-state index contributed by atoms with van der Waals surface area (Å²) in [6.45, 7) is 8.34. The lowest BCUT2D eigenvalue weighted by Crippen LogP contribution is -2.35. The smallest absolute Gasteiger partial charge is 0.157 e. The summed E-state index contributed by atoms with van der Waals surface area (Å²) in [5, 5.41) is 3.44. The number of nitrogens with one attached hydrogen (secondary N) is 1. The third-order valence-corrected chi connectivity index (χ3v) is 3.40. The zero-order valence-corrected chi connectivity index (χ0v) is 10.8. The second-order valence-corrected chi connectivity index (χ2v) is 5.12. The first-order chi connectivity index (χ1) is 7.65. The molecule has 0 saturated carbocycles. The first kappa shape index (κ1) is 13.4. The van der Waals surface area contributed by atoms with Crippen LogP contribution in [0.5, 0.6) is 0 Å². The third-order valence-electron chi connectivity index (χ3n) is 3.40. The Morgan fingerprint density at radius 2 is 2.25 bits per heavy atom. The van der Waals surface area contributed by atoms with Crippen molar-refractivity contribution in [1.82, 2.24) is 5.32 Å². The molecule has 1 aliphatic rings. The summed E-state index contributed by atoms with van der Waals surface area (Å²) in [6, 6.07) is 0. The number of allylic oxidation sites excluding steroid dienone is 2. The maximum atomic E-state index is 11.5. The molecule has 1 unspecified atom stereocenters. The molecule has 0 aromatic carbocycles. The van der Waals surface area contributed by atoms with E-state index >= 15 is 0 Å². The van der Waals surface area contributed by atoms with Crippen molar-refractivity contribution in [3.8, 4) is 0 Å². The number of hydrogen-bond donors (Lipinski definition) is 1. The van der Waals surface area contributed by atoms with Gasteiger partial charge in [0.05, 0.1) is 0 Å². The van der Waals surface area contributed by atoms with E-state index in [1.165, 1.54) is 19.3 Å². The molecule has 2 heteroatoms. The Morgan fingerprint density at radius 3 is 2.88 bits per heavy atom. The van der Waals surface area contributed by atoms with Gasteiger partial charge in [-0.1, -0.05) is 33.3 Å². The fraction of sp³-hybridized carbons (Fsp3) is 0.786. The van der Waals surface area contributed by atoms with Gasteiger partial charge in [0.2, 0.25) is 0 Å². The summed E-state index contributed by atoms with van der Waals surface area (Å²) in [5.41, 5.74) is 0. The van der Waals surface area contributed by atoms with E-state index in [9.17, 15) is 4.79 Å². The zero-order chi connectivity index (χ0) is 12.0. The van der Waals surface area contributed by atoms with Gasteiger partial charge in [0.25, 0.3) is 0 Å². The predicted octanol–water partition coefficient (Wildman–Crippen LogP) is 2.79. The quantitative estimate of drug-likeness (QED) is 0.726. The van der Waals surface area contributed by atoms with Gasteiger partial charge in [-0.25, -0.2) is 0 Å². The first-order valence-corrected chi connectivity index (χ1v) is 6.58. The molecule has 0 radical (unpaired) electrons. The van der Waals surface area contributed by atoms with Crippen molar-refractivity contribution >= 4 is 5.78 Å². The lowest BCUT2D eigenvalue weighted by molar-refractivity contribution is -0.117. The fourth-order valence-corrected chi connectivity index (χ4v) is 2.29. The van der Waals surface area contributed by atoms with Gasteiger partial charge >= 0.3 is 0 Å². The summed E-state index contributed by atoms with van der Waals surface area (Å²) >= 11 is 0. The highest BCUT2D eigenvalue weighted by atomic mass is 16.1. The van der Waals surface area contributed by atoms with E-state index in [0.29, 0.717) is 5.92 Å². The van der Waals surface area contributed by atoms with Crippen LogP contribution in [-0.2, 0) is 4.79 Å². The van der Waals surface area contributed by atoms with Crippen LogP contribution >= 0.6 is 0 Å². The molecule has 1 N–H and O–H groups in total. The molecule has 2 nitrogen and oxygen atoms in total. The standard InChI is InChI=1S/C14H25NO/c1-4-5-13-10-15-9-8-12(13)6-7-14(16)11(2)3/h6-7,11-13,15H,4-5,8-10H2,1-3H3/b7-6+/t12?,13-/m1/s1. The molecule has 1 heterocycles. The van der Waals surface area contributed by atoms with Gasteiger partial charge in [-0.2, -0.15) is 0 Å². The Bertz CT molecular complexity index is 243. The monoisotopic (exact) mass is 223 g/mol. The largest absolute Gasteiger partial charge is 0.316 e. The Morgan fingerprint density at radius 1 is 1.50 bits per heavy atom. The number of rotatable bonds is 5. The van der Waals surface area contributed by atoms with E-state index in [-0.39, 0.29) is 11.7 Å². The summed E-state index contributed by atoms with van der Waals surface area (Å²) in [6.07, 6.45) is 7.63. The van der Waals surface area contributed by atoms with Gasteiger partial charge in [-0.3, -0.25) is 4.79 Å². The highest BCUT2D eigenvalue weighted by Gasteiger charge is 2.21. The first-order valence-electron chi connectivity index (χ1n) is 6.58. The molecular weight excluding hydrogens is 198 g/mol. The van der Waals surface area contributed by atoms with Crippen LogP contribution < -0.4 is 5.32 Å². The summed E-state index contributed by atoms with van der Waals surface area (Å²) in [5.74, 6) is 1.70. The van der Waals surface area contributed by atoms with Crippen LogP contribution in [0, 0.1) is 17.8 Å². The summed E-state index contributed by atoms with van der Waals surface area (Å²) in [4.78, 5) is 11.5. The molecule has 92 valence electrons. The predicted molar refractivity (Wildman–Crippen MR) is 68.4 cm³/mol. The number of hydrogen-bond acceptors (Lipinski definition) is 2. The van der Waals surface area contributed by atoms with Gasteiger partial charge in [0.1, 0.15) is 0 Å². The number of carbonyl (C=O) groups is 1. The zero-order valence-electron chi connectivity index (χ0n) is 10.8. The molecule has 0 bridgehead atoms. The normalized spacial score (nSPS) is 26.5. The SMILES string of the molecule is CCC[C@@H]1CNCCC1/C=C/C(=O)C(C)C. The molecule has 0 amide bonds. The minimum Gasteiger partial charge on any atom is -0.316 e. The summed E-state index contributed by atoms with van der Waals surface area (Å²) in [7, 11) is 0. The molecular formula is C14H25NO. The van der Waals surface area contributed by atoms with Gasteiger partial charge < -0.3 is 5.32 Å². The van der Waals surface area contributed by atoms with Crippen LogP contribution in [0.4, 0.5) is 0 Å². The molecule has 0 aliphatic carbocycles. The highest BCUT2D eigenvalue weighted by molar-refractivity contribution is 5.91. The van der Waals surface area contributed by atoms with Crippen molar-refractivity contribution in [2.24, 2.45) is 17.8 Å². The van der Waals surface area contributed by atoms with Crippen LogP contribution in [-0.4, -0.2) is 18.9 Å². The molecule has 1 rings (SSSR count). The van der Waals surface area contributed by atoms with Crippen LogP contribution in [0.2, 0.25) is 0 Å². The molecule has 1 aliphatic heterocycles. The minimum absolute atomic E-state index is 0.127. The van der Waals surface area contributed by atoms with Crippen LogP contribution in [0.3, 0.4) is 0 Å². The Kier molecular flexibility index (Phi) is 5.75. The molecule has 16 heavy (non-hydrogen) atoms. The van der Waals surface area contributed by atoms with E-state index in [1.807, 2.05) is 19.9 Å². The maximum absolute atomic E-state index is 11.5.